The maximum atomic E-state index is 13.4. The fourth-order valence-corrected chi connectivity index (χ4v) is 2.30. The number of nitrogens with zero attached hydrogens (tertiary/aromatic N) is 2. The van der Waals surface area contributed by atoms with Crippen molar-refractivity contribution in [3.63, 3.8) is 0 Å². The number of carbonyl (C=O) groups excluding carboxylic acids is 1. The Hall–Kier alpha value is -2.89. The first-order valence-corrected chi connectivity index (χ1v) is 7.22. The molecule has 0 amide bonds. The highest BCUT2D eigenvalue weighted by atomic mass is 19.1. The molecule has 118 valence electrons. The maximum absolute atomic E-state index is 13.4. The number of nitrogens with two attached hydrogens (primary N) is 1. The first-order chi connectivity index (χ1) is 11.1. The van der Waals surface area contributed by atoms with Gasteiger partial charge in [0.15, 0.2) is 5.82 Å². The van der Waals surface area contributed by atoms with Gasteiger partial charge in [-0.25, -0.2) is 4.39 Å². The van der Waals surface area contributed by atoms with Crippen LogP contribution in [0.15, 0.2) is 48.5 Å². The third-order valence-electron chi connectivity index (χ3n) is 3.55. The van der Waals surface area contributed by atoms with Crippen LogP contribution in [0.1, 0.15) is 11.7 Å². The third kappa shape index (κ3) is 3.01. The summed E-state index contributed by atoms with van der Waals surface area (Å²) in [7, 11) is 0. The Morgan fingerprint density at radius 3 is 2.78 bits per heavy atom. The SMILES string of the molecule is CC(COc1ccccc1)C(=O)n1nc(N)c2ccc(F)cc21. The quantitative estimate of drug-likeness (QED) is 0.803. The summed E-state index contributed by atoms with van der Waals surface area (Å²) in [6, 6.07) is 13.3. The molecule has 0 aliphatic rings. The van der Waals surface area contributed by atoms with Crippen molar-refractivity contribution < 1.29 is 13.9 Å². The molecule has 0 saturated carbocycles. The molecule has 3 rings (SSSR count). The average Bonchev–Trinajstić information content (AvgIpc) is 2.89. The number of hydrogen-bond acceptors (Lipinski definition) is 4. The molecule has 2 aromatic carbocycles. The van der Waals surface area contributed by atoms with Crippen LogP contribution < -0.4 is 10.5 Å². The average molecular weight is 313 g/mol. The summed E-state index contributed by atoms with van der Waals surface area (Å²) in [5.41, 5.74) is 6.15. The van der Waals surface area contributed by atoms with E-state index in [1.54, 1.807) is 6.92 Å². The predicted octanol–water partition coefficient (Wildman–Crippen LogP) is 3.11. The molecule has 0 spiro atoms. The zero-order valence-corrected chi connectivity index (χ0v) is 12.6. The summed E-state index contributed by atoms with van der Waals surface area (Å²) < 4.78 is 20.2. The van der Waals surface area contributed by atoms with Crippen LogP contribution in [0, 0.1) is 11.7 Å². The number of nitrogen functional groups attached to an aromatic ring is 1. The summed E-state index contributed by atoms with van der Waals surface area (Å²) >= 11 is 0. The van der Waals surface area contributed by atoms with Gasteiger partial charge in [0.2, 0.25) is 0 Å². The van der Waals surface area contributed by atoms with E-state index in [9.17, 15) is 9.18 Å². The van der Waals surface area contributed by atoms with Crippen molar-refractivity contribution in [2.24, 2.45) is 5.92 Å². The van der Waals surface area contributed by atoms with Crippen LogP contribution in [0.4, 0.5) is 10.2 Å². The van der Waals surface area contributed by atoms with E-state index in [0.717, 1.165) is 4.68 Å². The van der Waals surface area contributed by atoms with Gasteiger partial charge in [0, 0.05) is 11.5 Å². The smallest absolute Gasteiger partial charge is 0.253 e. The van der Waals surface area contributed by atoms with Crippen LogP contribution in [0.5, 0.6) is 5.75 Å². The molecule has 1 aromatic heterocycles. The number of halogens is 1. The molecule has 0 saturated heterocycles. The molecule has 0 aliphatic carbocycles. The summed E-state index contributed by atoms with van der Waals surface area (Å²) in [6.07, 6.45) is 0. The fourth-order valence-electron chi connectivity index (χ4n) is 2.30. The van der Waals surface area contributed by atoms with Crippen LogP contribution in [0.3, 0.4) is 0 Å². The zero-order valence-electron chi connectivity index (χ0n) is 12.6. The number of hydrogen-bond donors (Lipinski definition) is 1. The lowest BCUT2D eigenvalue weighted by Crippen LogP contribution is -2.25. The van der Waals surface area contributed by atoms with E-state index < -0.39 is 11.7 Å². The number of carbonyl (C=O) groups is 1. The Labute approximate surface area is 132 Å². The van der Waals surface area contributed by atoms with Gasteiger partial charge in [0.05, 0.1) is 18.0 Å². The molecule has 0 bridgehead atoms. The lowest BCUT2D eigenvalue weighted by atomic mass is 10.2. The van der Waals surface area contributed by atoms with Gasteiger partial charge in [-0.2, -0.15) is 4.68 Å². The van der Waals surface area contributed by atoms with Gasteiger partial charge in [-0.1, -0.05) is 25.1 Å². The number of aromatic nitrogens is 2. The molecular weight excluding hydrogens is 297 g/mol. The van der Waals surface area contributed by atoms with Crippen LogP contribution in [-0.4, -0.2) is 22.3 Å². The van der Waals surface area contributed by atoms with Crippen LogP contribution in [0.25, 0.3) is 10.9 Å². The Bertz CT molecular complexity index is 846. The molecule has 1 atom stereocenters. The summed E-state index contributed by atoms with van der Waals surface area (Å²) in [5.74, 6) is -0.318. The van der Waals surface area contributed by atoms with E-state index in [-0.39, 0.29) is 18.3 Å². The highest BCUT2D eigenvalue weighted by Gasteiger charge is 2.21. The van der Waals surface area contributed by atoms with Gasteiger partial charge in [-0.3, -0.25) is 4.79 Å². The molecule has 5 nitrogen and oxygen atoms in total. The van der Waals surface area contributed by atoms with Gasteiger partial charge in [-0.05, 0) is 24.3 Å². The molecule has 3 aromatic rings. The van der Waals surface area contributed by atoms with Crippen molar-refractivity contribution in [2.45, 2.75) is 6.92 Å². The number of fused-ring (bicyclic) bond motifs is 1. The minimum Gasteiger partial charge on any atom is -0.493 e. The fraction of sp³-hybridized carbons (Fsp3) is 0.176. The van der Waals surface area contributed by atoms with E-state index in [1.165, 1.54) is 18.2 Å². The van der Waals surface area contributed by atoms with Crippen LogP contribution in [-0.2, 0) is 0 Å². The van der Waals surface area contributed by atoms with Crippen LogP contribution in [0.2, 0.25) is 0 Å². The van der Waals surface area contributed by atoms with E-state index in [0.29, 0.717) is 16.7 Å². The Morgan fingerprint density at radius 2 is 2.04 bits per heavy atom. The first kappa shape index (κ1) is 15.0. The number of rotatable bonds is 4. The minimum absolute atomic E-state index is 0.194. The predicted molar refractivity (Wildman–Crippen MR) is 85.8 cm³/mol. The highest BCUT2D eigenvalue weighted by molar-refractivity contribution is 5.97. The second kappa shape index (κ2) is 6.08. The van der Waals surface area contributed by atoms with Gasteiger partial charge < -0.3 is 10.5 Å². The molecule has 0 fully saturated rings. The molecule has 0 radical (unpaired) electrons. The third-order valence-corrected chi connectivity index (χ3v) is 3.55. The van der Waals surface area contributed by atoms with Crippen molar-refractivity contribution in [3.8, 4) is 5.75 Å². The summed E-state index contributed by atoms with van der Waals surface area (Å²) in [5, 5.41) is 4.58. The van der Waals surface area contributed by atoms with Crippen molar-refractivity contribution >= 4 is 22.6 Å². The lowest BCUT2D eigenvalue weighted by Gasteiger charge is -2.12. The standard InChI is InChI=1S/C17H16FN3O2/c1-11(10-23-13-5-3-2-4-6-13)17(22)21-15-9-12(18)7-8-14(15)16(19)20-21/h2-9,11H,10H2,1H3,(H2,19,20). The van der Waals surface area contributed by atoms with Gasteiger partial charge in [-0.15, -0.1) is 5.10 Å². The second-order valence-electron chi connectivity index (χ2n) is 5.32. The second-order valence-corrected chi connectivity index (χ2v) is 5.32. The monoisotopic (exact) mass is 313 g/mol. The summed E-state index contributed by atoms with van der Waals surface area (Å²) in [4.78, 5) is 12.5. The van der Waals surface area contributed by atoms with Gasteiger partial charge in [0.1, 0.15) is 11.6 Å². The molecule has 1 heterocycles. The number of benzene rings is 2. The highest BCUT2D eigenvalue weighted by Crippen LogP contribution is 2.22. The van der Waals surface area contributed by atoms with Gasteiger partial charge in [0.25, 0.3) is 5.91 Å². The zero-order chi connectivity index (χ0) is 16.4. The largest absolute Gasteiger partial charge is 0.493 e. The van der Waals surface area contributed by atoms with Crippen molar-refractivity contribution in [1.29, 1.82) is 0 Å². The first-order valence-electron chi connectivity index (χ1n) is 7.22. The topological polar surface area (TPSA) is 70.1 Å². The maximum Gasteiger partial charge on any atom is 0.253 e. The van der Waals surface area contributed by atoms with E-state index in [2.05, 4.69) is 5.10 Å². The molecule has 6 heteroatoms. The van der Waals surface area contributed by atoms with Crippen molar-refractivity contribution in [1.82, 2.24) is 9.78 Å². The Kier molecular flexibility index (Phi) is 3.97. The normalized spacial score (nSPS) is 12.3. The number of ether oxygens (including phenoxy) is 1. The van der Waals surface area contributed by atoms with E-state index in [4.69, 9.17) is 10.5 Å². The number of para-hydroxylation sites is 1. The molecular formula is C17H16FN3O2. The Morgan fingerprint density at radius 1 is 1.30 bits per heavy atom. The van der Waals surface area contributed by atoms with E-state index >= 15 is 0 Å². The number of anilines is 1. The van der Waals surface area contributed by atoms with Crippen molar-refractivity contribution in [3.05, 3.63) is 54.3 Å². The molecule has 0 aliphatic heterocycles. The summed E-state index contributed by atoms with van der Waals surface area (Å²) in [6.45, 7) is 1.92. The lowest BCUT2D eigenvalue weighted by molar-refractivity contribution is 0.0792. The molecule has 23 heavy (non-hydrogen) atoms. The van der Waals surface area contributed by atoms with Crippen LogP contribution >= 0.6 is 0 Å². The molecule has 2 N–H and O–H groups in total. The Balaban J connectivity index is 1.81. The van der Waals surface area contributed by atoms with Crippen molar-refractivity contribution in [2.75, 3.05) is 12.3 Å². The van der Waals surface area contributed by atoms with Gasteiger partial charge >= 0.3 is 0 Å². The van der Waals surface area contributed by atoms with E-state index in [1.807, 2.05) is 30.3 Å². The minimum atomic E-state index is -0.457. The molecule has 1 unspecified atom stereocenters.